The SMILES string of the molecule is CC(CC(=O)O)(NC(=O)CC1CC(NC(=O)OCC2c3ccccc3-c3ccccc32)C1)C1CC1. The molecule has 3 aliphatic rings. The fourth-order valence-electron chi connectivity index (χ4n) is 5.78. The predicted molar refractivity (Wildman–Crippen MR) is 131 cm³/mol. The second-order valence-electron chi connectivity index (χ2n) is 10.5. The second-order valence-corrected chi connectivity index (χ2v) is 10.5. The Morgan fingerprint density at radius 2 is 1.60 bits per heavy atom. The third kappa shape index (κ3) is 5.04. The van der Waals surface area contributed by atoms with Crippen molar-refractivity contribution in [3.8, 4) is 11.1 Å². The molecule has 1 unspecified atom stereocenters. The summed E-state index contributed by atoms with van der Waals surface area (Å²) in [5, 5.41) is 15.1. The van der Waals surface area contributed by atoms with Crippen LogP contribution in [0.1, 0.15) is 62.5 Å². The van der Waals surface area contributed by atoms with E-state index in [0.717, 1.165) is 25.7 Å². The summed E-state index contributed by atoms with van der Waals surface area (Å²) in [5.41, 5.74) is 4.07. The summed E-state index contributed by atoms with van der Waals surface area (Å²) < 4.78 is 5.61. The van der Waals surface area contributed by atoms with Gasteiger partial charge in [0.1, 0.15) is 6.61 Å². The van der Waals surface area contributed by atoms with Crippen LogP contribution in [0.4, 0.5) is 4.79 Å². The Bertz CT molecular complexity index is 1090. The Balaban J connectivity index is 1.07. The molecule has 0 aromatic heterocycles. The lowest BCUT2D eigenvalue weighted by Gasteiger charge is -2.36. The summed E-state index contributed by atoms with van der Waals surface area (Å²) >= 11 is 0. The van der Waals surface area contributed by atoms with Crippen molar-refractivity contribution in [1.29, 1.82) is 0 Å². The van der Waals surface area contributed by atoms with Crippen LogP contribution < -0.4 is 10.6 Å². The molecule has 2 fully saturated rings. The normalized spacial score (nSPS) is 22.2. The van der Waals surface area contributed by atoms with Gasteiger partial charge in [-0.3, -0.25) is 9.59 Å². The molecule has 0 saturated heterocycles. The lowest BCUT2D eigenvalue weighted by Crippen LogP contribution is -2.51. The molecule has 2 amide bonds. The summed E-state index contributed by atoms with van der Waals surface area (Å²) in [5.74, 6) is -0.549. The lowest BCUT2D eigenvalue weighted by molar-refractivity contribution is -0.139. The molecule has 3 aliphatic carbocycles. The van der Waals surface area contributed by atoms with E-state index in [1.165, 1.54) is 22.3 Å². The van der Waals surface area contributed by atoms with Crippen LogP contribution in [0.25, 0.3) is 11.1 Å². The first-order valence-corrected chi connectivity index (χ1v) is 12.5. The average molecular weight is 477 g/mol. The molecule has 1 atom stereocenters. The average Bonchev–Trinajstić information content (AvgIpc) is 3.60. The van der Waals surface area contributed by atoms with Crippen LogP contribution in [0, 0.1) is 11.8 Å². The molecular weight excluding hydrogens is 444 g/mol. The molecule has 184 valence electrons. The fraction of sp³-hybridized carbons (Fsp3) is 0.464. The van der Waals surface area contributed by atoms with Crippen LogP contribution >= 0.6 is 0 Å². The van der Waals surface area contributed by atoms with Crippen molar-refractivity contribution in [3.63, 3.8) is 0 Å². The number of amides is 2. The van der Waals surface area contributed by atoms with Gasteiger partial charge in [-0.1, -0.05) is 48.5 Å². The minimum absolute atomic E-state index is 0.00251. The van der Waals surface area contributed by atoms with Crippen molar-refractivity contribution in [2.24, 2.45) is 11.8 Å². The highest BCUT2D eigenvalue weighted by molar-refractivity contribution is 5.80. The molecule has 7 nitrogen and oxygen atoms in total. The number of aliphatic carboxylic acids is 1. The highest BCUT2D eigenvalue weighted by Gasteiger charge is 2.44. The molecule has 5 rings (SSSR count). The molecular formula is C28H32N2O5. The molecule has 0 spiro atoms. The molecule has 7 heteroatoms. The third-order valence-corrected chi connectivity index (χ3v) is 7.80. The van der Waals surface area contributed by atoms with Crippen LogP contribution in [0.15, 0.2) is 48.5 Å². The summed E-state index contributed by atoms with van der Waals surface area (Å²) in [6, 6.07) is 16.5. The van der Waals surface area contributed by atoms with Crippen molar-refractivity contribution in [3.05, 3.63) is 59.7 Å². The molecule has 0 heterocycles. The molecule has 2 saturated carbocycles. The fourth-order valence-corrected chi connectivity index (χ4v) is 5.78. The quantitative estimate of drug-likeness (QED) is 0.496. The predicted octanol–water partition coefficient (Wildman–Crippen LogP) is 4.45. The summed E-state index contributed by atoms with van der Waals surface area (Å²) in [6.45, 7) is 2.11. The molecule has 0 aliphatic heterocycles. The van der Waals surface area contributed by atoms with Gasteiger partial charge in [0.05, 0.1) is 12.0 Å². The van der Waals surface area contributed by atoms with Gasteiger partial charge in [-0.25, -0.2) is 4.79 Å². The highest BCUT2D eigenvalue weighted by atomic mass is 16.5. The number of carboxylic acids is 1. The maximum atomic E-state index is 12.5. The Hall–Kier alpha value is -3.35. The number of carbonyl (C=O) groups excluding carboxylic acids is 2. The van der Waals surface area contributed by atoms with Gasteiger partial charge in [0.25, 0.3) is 0 Å². The van der Waals surface area contributed by atoms with Gasteiger partial charge in [-0.15, -0.1) is 0 Å². The molecule has 0 bridgehead atoms. The Morgan fingerprint density at radius 3 is 2.17 bits per heavy atom. The van der Waals surface area contributed by atoms with Crippen molar-refractivity contribution in [1.82, 2.24) is 10.6 Å². The molecule has 2 aromatic carbocycles. The maximum Gasteiger partial charge on any atom is 0.407 e. The number of carbonyl (C=O) groups is 3. The van der Waals surface area contributed by atoms with Gasteiger partial charge in [-0.2, -0.15) is 0 Å². The standard InChI is InChI=1S/C28H32N2O5/c1-28(15-26(32)33,18-10-11-18)30-25(31)14-17-12-19(13-17)29-27(34)35-16-24-22-8-4-2-6-20(22)21-7-3-5-9-23(21)24/h2-9,17-19,24H,10-16H2,1H3,(H,29,34)(H,30,31)(H,32,33). The number of fused-ring (bicyclic) bond motifs is 3. The van der Waals surface area contributed by atoms with Gasteiger partial charge >= 0.3 is 12.1 Å². The topological polar surface area (TPSA) is 105 Å². The number of ether oxygens (including phenoxy) is 1. The van der Waals surface area contributed by atoms with E-state index in [9.17, 15) is 19.5 Å². The summed E-state index contributed by atoms with van der Waals surface area (Å²) in [4.78, 5) is 36.2. The molecule has 35 heavy (non-hydrogen) atoms. The van der Waals surface area contributed by atoms with Crippen LogP contribution in [-0.4, -0.2) is 41.3 Å². The maximum absolute atomic E-state index is 12.5. The Morgan fingerprint density at radius 1 is 1.00 bits per heavy atom. The zero-order chi connectivity index (χ0) is 24.6. The largest absolute Gasteiger partial charge is 0.481 e. The minimum Gasteiger partial charge on any atom is -0.481 e. The number of hydrogen-bond acceptors (Lipinski definition) is 4. The van der Waals surface area contributed by atoms with Crippen molar-refractivity contribution < 1.29 is 24.2 Å². The smallest absolute Gasteiger partial charge is 0.407 e. The minimum atomic E-state index is -0.893. The number of nitrogens with one attached hydrogen (secondary N) is 2. The number of hydrogen-bond donors (Lipinski definition) is 3. The monoisotopic (exact) mass is 476 g/mol. The van der Waals surface area contributed by atoms with Gasteiger partial charge < -0.3 is 20.5 Å². The van der Waals surface area contributed by atoms with Gasteiger partial charge in [0.2, 0.25) is 5.91 Å². The Kier molecular flexibility index (Phi) is 6.26. The van der Waals surface area contributed by atoms with E-state index < -0.39 is 17.6 Å². The highest BCUT2D eigenvalue weighted by Crippen LogP contribution is 2.44. The van der Waals surface area contributed by atoms with Crippen LogP contribution in [0.2, 0.25) is 0 Å². The number of benzene rings is 2. The van der Waals surface area contributed by atoms with Crippen molar-refractivity contribution in [2.75, 3.05) is 6.61 Å². The van der Waals surface area contributed by atoms with E-state index in [4.69, 9.17) is 4.74 Å². The Labute approximate surface area is 205 Å². The van der Waals surface area contributed by atoms with Gasteiger partial charge in [0, 0.05) is 18.4 Å². The van der Waals surface area contributed by atoms with E-state index in [2.05, 4.69) is 34.9 Å². The van der Waals surface area contributed by atoms with E-state index in [-0.39, 0.29) is 42.7 Å². The van der Waals surface area contributed by atoms with E-state index >= 15 is 0 Å². The van der Waals surface area contributed by atoms with Crippen molar-refractivity contribution in [2.45, 2.75) is 62.9 Å². The lowest BCUT2D eigenvalue weighted by atomic mass is 9.78. The molecule has 3 N–H and O–H groups in total. The molecule has 2 aromatic rings. The first-order valence-electron chi connectivity index (χ1n) is 12.5. The number of carboxylic acid groups (broad SMARTS) is 1. The van der Waals surface area contributed by atoms with Crippen LogP contribution in [0.3, 0.4) is 0 Å². The molecule has 0 radical (unpaired) electrons. The first-order chi connectivity index (χ1) is 16.8. The number of rotatable bonds is 9. The first kappa shape index (κ1) is 23.4. The van der Waals surface area contributed by atoms with Crippen molar-refractivity contribution >= 4 is 18.0 Å². The van der Waals surface area contributed by atoms with Crippen LogP contribution in [0.5, 0.6) is 0 Å². The summed E-state index contributed by atoms with van der Waals surface area (Å²) in [6.07, 6.45) is 3.22. The van der Waals surface area contributed by atoms with Crippen LogP contribution in [-0.2, 0) is 14.3 Å². The van der Waals surface area contributed by atoms with Gasteiger partial charge in [-0.05, 0) is 66.7 Å². The number of alkyl carbamates (subject to hydrolysis) is 1. The zero-order valence-corrected chi connectivity index (χ0v) is 20.0. The summed E-state index contributed by atoms with van der Waals surface area (Å²) in [7, 11) is 0. The third-order valence-electron chi connectivity index (χ3n) is 7.80. The van der Waals surface area contributed by atoms with E-state index in [1.54, 1.807) is 0 Å². The van der Waals surface area contributed by atoms with Gasteiger partial charge in [0.15, 0.2) is 0 Å². The van der Waals surface area contributed by atoms with E-state index in [1.807, 2.05) is 31.2 Å². The second kappa shape index (κ2) is 9.36. The van der Waals surface area contributed by atoms with E-state index in [0.29, 0.717) is 6.42 Å². The zero-order valence-electron chi connectivity index (χ0n) is 20.0.